The number of halogens is 3. The molecule has 0 bridgehead atoms. The minimum absolute atomic E-state index is 0.0163. The average molecular weight is 323 g/mol. The van der Waals surface area contributed by atoms with Crippen LogP contribution in [0.25, 0.3) is 0 Å². The first-order valence-corrected chi connectivity index (χ1v) is 7.54. The van der Waals surface area contributed by atoms with Gasteiger partial charge in [-0.05, 0) is 12.5 Å². The van der Waals surface area contributed by atoms with Gasteiger partial charge in [-0.3, -0.25) is 0 Å². The first-order valence-electron chi connectivity index (χ1n) is 7.54. The zero-order valence-corrected chi connectivity index (χ0v) is 12.5. The molecule has 1 saturated heterocycles. The lowest BCUT2D eigenvalue weighted by molar-refractivity contribution is -0.243. The van der Waals surface area contributed by atoms with Crippen molar-refractivity contribution in [3.05, 3.63) is 47.5 Å². The van der Waals surface area contributed by atoms with E-state index in [-0.39, 0.29) is 25.5 Å². The molecule has 7 heteroatoms. The molecular weight excluding hydrogens is 307 g/mol. The first-order chi connectivity index (χ1) is 10.9. The standard InChI is InChI=1S/C16H16F3N3O/c1-15(8-23-9-15)16(18,19)14-20-13-11(17)7-12(22(13)21-14)10-5-3-2-4-6-10/h2-6,11-12H,7-9H2,1H3. The van der Waals surface area contributed by atoms with Gasteiger partial charge in [-0.2, -0.15) is 8.78 Å². The van der Waals surface area contributed by atoms with Gasteiger partial charge in [0.2, 0.25) is 5.82 Å². The van der Waals surface area contributed by atoms with Gasteiger partial charge in [0.1, 0.15) is 0 Å². The molecule has 2 atom stereocenters. The predicted octanol–water partition coefficient (Wildman–Crippen LogP) is 3.41. The maximum atomic E-state index is 14.7. The number of hydrogen-bond donors (Lipinski definition) is 0. The highest BCUT2D eigenvalue weighted by Gasteiger charge is 2.59. The van der Waals surface area contributed by atoms with Crippen LogP contribution in [0.3, 0.4) is 0 Å². The largest absolute Gasteiger partial charge is 0.380 e. The van der Waals surface area contributed by atoms with E-state index in [9.17, 15) is 13.2 Å². The molecule has 0 spiro atoms. The summed E-state index contributed by atoms with van der Waals surface area (Å²) in [6.45, 7) is 1.33. The molecule has 2 unspecified atom stereocenters. The van der Waals surface area contributed by atoms with Gasteiger partial charge in [0.05, 0.1) is 24.7 Å². The Bertz CT molecular complexity index is 727. The summed E-state index contributed by atoms with van der Waals surface area (Å²) >= 11 is 0. The van der Waals surface area contributed by atoms with Gasteiger partial charge >= 0.3 is 5.92 Å². The number of alkyl halides is 3. The van der Waals surface area contributed by atoms with E-state index in [1.807, 2.05) is 30.3 Å². The van der Waals surface area contributed by atoms with E-state index in [0.29, 0.717) is 0 Å². The third kappa shape index (κ3) is 2.02. The van der Waals surface area contributed by atoms with Crippen LogP contribution < -0.4 is 0 Å². The lowest BCUT2D eigenvalue weighted by Gasteiger charge is -2.42. The Kier molecular flexibility index (Phi) is 3.07. The maximum Gasteiger partial charge on any atom is 0.317 e. The molecule has 2 aromatic rings. The van der Waals surface area contributed by atoms with Crippen LogP contribution in [-0.4, -0.2) is 28.0 Å². The molecule has 4 rings (SSSR count). The molecule has 1 fully saturated rings. The van der Waals surface area contributed by atoms with Crippen LogP contribution in [0.1, 0.15) is 42.8 Å². The molecule has 0 saturated carbocycles. The minimum Gasteiger partial charge on any atom is -0.380 e. The zero-order valence-electron chi connectivity index (χ0n) is 12.5. The van der Waals surface area contributed by atoms with E-state index < -0.39 is 29.4 Å². The van der Waals surface area contributed by atoms with Crippen LogP contribution in [0.4, 0.5) is 13.2 Å². The van der Waals surface area contributed by atoms with Crippen molar-refractivity contribution in [2.75, 3.05) is 13.2 Å². The van der Waals surface area contributed by atoms with Gasteiger partial charge in [0.15, 0.2) is 12.0 Å². The summed E-state index contributed by atoms with van der Waals surface area (Å²) in [5, 5.41) is 3.98. The van der Waals surface area contributed by atoms with Crippen molar-refractivity contribution in [3.63, 3.8) is 0 Å². The topological polar surface area (TPSA) is 39.9 Å². The van der Waals surface area contributed by atoms with Crippen molar-refractivity contribution in [3.8, 4) is 0 Å². The molecule has 0 N–H and O–H groups in total. The van der Waals surface area contributed by atoms with E-state index in [4.69, 9.17) is 4.74 Å². The van der Waals surface area contributed by atoms with Gasteiger partial charge in [0.25, 0.3) is 0 Å². The smallest absolute Gasteiger partial charge is 0.317 e. The van der Waals surface area contributed by atoms with Crippen molar-refractivity contribution in [1.29, 1.82) is 0 Å². The minimum atomic E-state index is -3.25. The highest BCUT2D eigenvalue weighted by atomic mass is 19.3. The Morgan fingerprint density at radius 1 is 1.26 bits per heavy atom. The number of rotatable bonds is 3. The summed E-state index contributed by atoms with van der Waals surface area (Å²) in [6.07, 6.45) is -1.21. The molecule has 0 amide bonds. The van der Waals surface area contributed by atoms with Crippen molar-refractivity contribution >= 4 is 0 Å². The second-order valence-corrected chi connectivity index (χ2v) is 6.50. The van der Waals surface area contributed by atoms with Gasteiger partial charge in [-0.15, -0.1) is 5.10 Å². The van der Waals surface area contributed by atoms with Crippen LogP contribution in [0.5, 0.6) is 0 Å². The molecule has 1 aromatic carbocycles. The third-order valence-electron chi connectivity index (χ3n) is 4.73. The highest BCUT2D eigenvalue weighted by molar-refractivity contribution is 5.24. The van der Waals surface area contributed by atoms with Gasteiger partial charge in [-0.1, -0.05) is 30.3 Å². The highest BCUT2D eigenvalue weighted by Crippen LogP contribution is 2.49. The summed E-state index contributed by atoms with van der Waals surface area (Å²) < 4.78 is 49.8. The molecule has 23 heavy (non-hydrogen) atoms. The van der Waals surface area contributed by atoms with Crippen molar-refractivity contribution in [1.82, 2.24) is 14.8 Å². The molecule has 122 valence electrons. The van der Waals surface area contributed by atoms with Crippen LogP contribution in [0, 0.1) is 5.41 Å². The fourth-order valence-corrected chi connectivity index (χ4v) is 3.12. The quantitative estimate of drug-likeness (QED) is 0.869. The van der Waals surface area contributed by atoms with E-state index in [0.717, 1.165) is 5.56 Å². The van der Waals surface area contributed by atoms with E-state index >= 15 is 0 Å². The fraction of sp³-hybridized carbons (Fsp3) is 0.500. The molecule has 3 heterocycles. The van der Waals surface area contributed by atoms with Gasteiger partial charge in [-0.25, -0.2) is 14.1 Å². The van der Waals surface area contributed by atoms with Crippen molar-refractivity contribution < 1.29 is 17.9 Å². The number of hydrogen-bond acceptors (Lipinski definition) is 3. The Hall–Kier alpha value is -1.89. The average Bonchev–Trinajstić information content (AvgIpc) is 3.07. The number of fused-ring (bicyclic) bond motifs is 1. The third-order valence-corrected chi connectivity index (χ3v) is 4.73. The summed E-state index contributed by atoms with van der Waals surface area (Å²) in [4.78, 5) is 3.84. The number of nitrogens with zero attached hydrogens (tertiary/aromatic N) is 3. The van der Waals surface area contributed by atoms with E-state index in [1.54, 1.807) is 0 Å². The normalized spacial score (nSPS) is 25.9. The second kappa shape index (κ2) is 4.80. The number of benzene rings is 1. The van der Waals surface area contributed by atoms with Crippen LogP contribution in [0.15, 0.2) is 30.3 Å². The van der Waals surface area contributed by atoms with Gasteiger partial charge < -0.3 is 4.74 Å². The fourth-order valence-electron chi connectivity index (χ4n) is 3.12. The van der Waals surface area contributed by atoms with Crippen molar-refractivity contribution in [2.45, 2.75) is 31.5 Å². The Labute approximate surface area is 131 Å². The second-order valence-electron chi connectivity index (χ2n) is 6.50. The van der Waals surface area contributed by atoms with E-state index in [2.05, 4.69) is 10.1 Å². The Morgan fingerprint density at radius 3 is 2.57 bits per heavy atom. The molecule has 1 aromatic heterocycles. The predicted molar refractivity (Wildman–Crippen MR) is 75.9 cm³/mol. The first kappa shape index (κ1) is 14.7. The molecule has 4 nitrogen and oxygen atoms in total. The molecule has 0 radical (unpaired) electrons. The maximum absolute atomic E-state index is 14.7. The molecule has 2 aliphatic rings. The van der Waals surface area contributed by atoms with Gasteiger partial charge in [0, 0.05) is 6.42 Å². The van der Waals surface area contributed by atoms with Crippen LogP contribution >= 0.6 is 0 Å². The summed E-state index contributed by atoms with van der Waals surface area (Å²) in [5.74, 6) is -3.87. The SMILES string of the molecule is CC1(C(F)(F)c2nc3n(n2)C(c2ccccc2)CC3F)COC1. The summed E-state index contributed by atoms with van der Waals surface area (Å²) in [5.41, 5.74) is -0.490. The molecular formula is C16H16F3N3O. The molecule has 2 aliphatic heterocycles. The van der Waals surface area contributed by atoms with Crippen LogP contribution in [-0.2, 0) is 10.7 Å². The lowest BCUT2D eigenvalue weighted by Crippen LogP contribution is -2.52. The van der Waals surface area contributed by atoms with E-state index in [1.165, 1.54) is 11.6 Å². The summed E-state index contributed by atoms with van der Waals surface area (Å²) in [7, 11) is 0. The lowest BCUT2D eigenvalue weighted by atomic mass is 9.81. The Balaban J connectivity index is 1.74. The van der Waals surface area contributed by atoms with Crippen LogP contribution in [0.2, 0.25) is 0 Å². The Morgan fingerprint density at radius 2 is 1.96 bits per heavy atom. The zero-order chi connectivity index (χ0) is 16.2. The monoisotopic (exact) mass is 323 g/mol. The van der Waals surface area contributed by atoms with Crippen molar-refractivity contribution in [2.24, 2.45) is 5.41 Å². The number of ether oxygens (including phenoxy) is 1. The molecule has 0 aliphatic carbocycles. The number of aromatic nitrogens is 3. The summed E-state index contributed by atoms with van der Waals surface area (Å²) in [6, 6.07) is 8.80.